The quantitative estimate of drug-likeness (QED) is 0.689. The number of benzene rings is 2. The van der Waals surface area contributed by atoms with Crippen molar-refractivity contribution in [1.29, 1.82) is 0 Å². The van der Waals surface area contributed by atoms with Crippen LogP contribution in [0.25, 0.3) is 0 Å². The van der Waals surface area contributed by atoms with Crippen molar-refractivity contribution in [2.45, 2.75) is 13.0 Å². The number of halogens is 1. The van der Waals surface area contributed by atoms with Gasteiger partial charge in [0.15, 0.2) is 0 Å². The molecule has 0 spiro atoms. The third kappa shape index (κ3) is 4.20. The number of anilines is 3. The SMILES string of the molecule is CC(Nc1ccnc(Nc2cccc(Cl)c2)n1)c1ccccc1. The number of nitrogens with zero attached hydrogens (tertiary/aromatic N) is 2. The molecule has 4 nitrogen and oxygen atoms in total. The highest BCUT2D eigenvalue weighted by Gasteiger charge is 2.06. The van der Waals surface area contributed by atoms with Crippen molar-refractivity contribution in [3.63, 3.8) is 0 Å². The van der Waals surface area contributed by atoms with Gasteiger partial charge < -0.3 is 10.6 Å². The Labute approximate surface area is 140 Å². The van der Waals surface area contributed by atoms with E-state index in [0.29, 0.717) is 11.0 Å². The maximum Gasteiger partial charge on any atom is 0.229 e. The number of aromatic nitrogens is 2. The predicted octanol–water partition coefficient (Wildman–Crippen LogP) is 5.05. The molecule has 1 heterocycles. The summed E-state index contributed by atoms with van der Waals surface area (Å²) in [6, 6.07) is 19.7. The highest BCUT2D eigenvalue weighted by atomic mass is 35.5. The summed E-state index contributed by atoms with van der Waals surface area (Å²) in [5, 5.41) is 7.20. The zero-order valence-electron chi connectivity index (χ0n) is 12.7. The fraction of sp³-hybridized carbons (Fsp3) is 0.111. The molecule has 0 saturated carbocycles. The van der Waals surface area contributed by atoms with Gasteiger partial charge >= 0.3 is 0 Å². The summed E-state index contributed by atoms with van der Waals surface area (Å²) in [5.74, 6) is 1.29. The first kappa shape index (κ1) is 15.3. The van der Waals surface area contributed by atoms with Gasteiger partial charge in [0.1, 0.15) is 5.82 Å². The summed E-state index contributed by atoms with van der Waals surface area (Å²) in [5.41, 5.74) is 2.06. The smallest absolute Gasteiger partial charge is 0.229 e. The second-order valence-electron chi connectivity index (χ2n) is 5.18. The van der Waals surface area contributed by atoms with E-state index in [1.165, 1.54) is 5.56 Å². The van der Waals surface area contributed by atoms with Crippen molar-refractivity contribution >= 4 is 29.1 Å². The molecular formula is C18H17ClN4. The second-order valence-corrected chi connectivity index (χ2v) is 5.61. The minimum atomic E-state index is 0.158. The summed E-state index contributed by atoms with van der Waals surface area (Å²) in [4.78, 5) is 8.73. The summed E-state index contributed by atoms with van der Waals surface area (Å²) in [6.07, 6.45) is 1.72. The van der Waals surface area contributed by atoms with Gasteiger partial charge in [0, 0.05) is 22.9 Å². The van der Waals surface area contributed by atoms with Crippen LogP contribution in [0, 0.1) is 0 Å². The Morgan fingerprint density at radius 1 is 1.00 bits per heavy atom. The average molecular weight is 325 g/mol. The molecule has 0 aliphatic heterocycles. The van der Waals surface area contributed by atoms with Gasteiger partial charge in [-0.25, -0.2) is 4.98 Å². The van der Waals surface area contributed by atoms with E-state index >= 15 is 0 Å². The molecule has 0 saturated heterocycles. The van der Waals surface area contributed by atoms with Crippen LogP contribution in [-0.2, 0) is 0 Å². The van der Waals surface area contributed by atoms with Crippen molar-refractivity contribution in [1.82, 2.24) is 9.97 Å². The monoisotopic (exact) mass is 324 g/mol. The molecule has 0 amide bonds. The van der Waals surface area contributed by atoms with Crippen molar-refractivity contribution in [3.8, 4) is 0 Å². The molecule has 23 heavy (non-hydrogen) atoms. The van der Waals surface area contributed by atoms with E-state index in [1.54, 1.807) is 6.20 Å². The zero-order chi connectivity index (χ0) is 16.1. The lowest BCUT2D eigenvalue weighted by molar-refractivity contribution is 0.873. The van der Waals surface area contributed by atoms with Gasteiger partial charge in [0.25, 0.3) is 0 Å². The van der Waals surface area contributed by atoms with Crippen molar-refractivity contribution in [2.75, 3.05) is 10.6 Å². The fourth-order valence-corrected chi connectivity index (χ4v) is 2.43. The van der Waals surface area contributed by atoms with Gasteiger partial charge in [-0.2, -0.15) is 4.98 Å². The van der Waals surface area contributed by atoms with Crippen LogP contribution in [0.4, 0.5) is 17.5 Å². The first-order valence-electron chi connectivity index (χ1n) is 7.38. The van der Waals surface area contributed by atoms with Crippen molar-refractivity contribution < 1.29 is 0 Å². The third-order valence-electron chi connectivity index (χ3n) is 3.40. The van der Waals surface area contributed by atoms with E-state index in [2.05, 4.69) is 39.7 Å². The van der Waals surface area contributed by atoms with E-state index < -0.39 is 0 Å². The minimum absolute atomic E-state index is 0.158. The van der Waals surface area contributed by atoms with Crippen LogP contribution in [-0.4, -0.2) is 9.97 Å². The average Bonchev–Trinajstić information content (AvgIpc) is 2.56. The summed E-state index contributed by atoms with van der Waals surface area (Å²) >= 11 is 5.99. The lowest BCUT2D eigenvalue weighted by Crippen LogP contribution is -2.09. The molecule has 1 unspecified atom stereocenters. The topological polar surface area (TPSA) is 49.8 Å². The maximum atomic E-state index is 5.99. The number of rotatable bonds is 5. The highest BCUT2D eigenvalue weighted by Crippen LogP contribution is 2.20. The molecule has 5 heteroatoms. The largest absolute Gasteiger partial charge is 0.363 e. The molecule has 1 atom stereocenters. The second kappa shape index (κ2) is 7.11. The van der Waals surface area contributed by atoms with Gasteiger partial charge in [0.2, 0.25) is 5.95 Å². The van der Waals surface area contributed by atoms with Crippen LogP contribution < -0.4 is 10.6 Å². The van der Waals surface area contributed by atoms with E-state index in [4.69, 9.17) is 11.6 Å². The summed E-state index contributed by atoms with van der Waals surface area (Å²) in [7, 11) is 0. The molecule has 0 bridgehead atoms. The third-order valence-corrected chi connectivity index (χ3v) is 3.64. The number of hydrogen-bond acceptors (Lipinski definition) is 4. The molecule has 0 fully saturated rings. The maximum absolute atomic E-state index is 5.99. The van der Waals surface area contributed by atoms with Crippen LogP contribution in [0.1, 0.15) is 18.5 Å². The molecule has 3 rings (SSSR count). The Hall–Kier alpha value is -2.59. The fourth-order valence-electron chi connectivity index (χ4n) is 2.24. The van der Waals surface area contributed by atoms with Crippen LogP contribution in [0.15, 0.2) is 66.9 Å². The van der Waals surface area contributed by atoms with Gasteiger partial charge in [-0.1, -0.05) is 48.0 Å². The Morgan fingerprint density at radius 2 is 1.83 bits per heavy atom. The van der Waals surface area contributed by atoms with Crippen LogP contribution in [0.3, 0.4) is 0 Å². The molecular weight excluding hydrogens is 308 g/mol. The Kier molecular flexibility index (Phi) is 4.74. The Bertz CT molecular complexity index is 777. The highest BCUT2D eigenvalue weighted by molar-refractivity contribution is 6.30. The van der Waals surface area contributed by atoms with Crippen LogP contribution >= 0.6 is 11.6 Å². The molecule has 0 aliphatic rings. The van der Waals surface area contributed by atoms with E-state index in [-0.39, 0.29) is 6.04 Å². The molecule has 1 aromatic heterocycles. The van der Waals surface area contributed by atoms with E-state index in [1.807, 2.05) is 48.5 Å². The number of hydrogen-bond donors (Lipinski definition) is 2. The Balaban J connectivity index is 1.72. The van der Waals surface area contributed by atoms with Crippen molar-refractivity contribution in [2.24, 2.45) is 0 Å². The lowest BCUT2D eigenvalue weighted by Gasteiger charge is -2.15. The predicted molar refractivity (Wildman–Crippen MR) is 95.2 cm³/mol. The normalized spacial score (nSPS) is 11.7. The van der Waals surface area contributed by atoms with Gasteiger partial charge in [-0.05, 0) is 36.8 Å². The summed E-state index contributed by atoms with van der Waals surface area (Å²) in [6.45, 7) is 2.10. The van der Waals surface area contributed by atoms with Crippen molar-refractivity contribution in [3.05, 3.63) is 77.4 Å². The van der Waals surface area contributed by atoms with Crippen LogP contribution in [0.2, 0.25) is 5.02 Å². The van der Waals surface area contributed by atoms with E-state index in [9.17, 15) is 0 Å². The van der Waals surface area contributed by atoms with E-state index in [0.717, 1.165) is 11.5 Å². The lowest BCUT2D eigenvalue weighted by atomic mass is 10.1. The molecule has 0 radical (unpaired) electrons. The van der Waals surface area contributed by atoms with Gasteiger partial charge in [-0.15, -0.1) is 0 Å². The zero-order valence-corrected chi connectivity index (χ0v) is 13.5. The first-order chi connectivity index (χ1) is 11.2. The standard InChI is InChI=1S/C18H17ClN4/c1-13(14-6-3-2-4-7-14)21-17-10-11-20-18(23-17)22-16-9-5-8-15(19)12-16/h2-13H,1H3,(H2,20,21,22,23). The first-order valence-corrected chi connectivity index (χ1v) is 7.75. The molecule has 2 aromatic carbocycles. The van der Waals surface area contributed by atoms with Crippen LogP contribution in [0.5, 0.6) is 0 Å². The Morgan fingerprint density at radius 3 is 2.61 bits per heavy atom. The number of nitrogens with one attached hydrogen (secondary N) is 2. The molecule has 3 aromatic rings. The minimum Gasteiger partial charge on any atom is -0.363 e. The van der Waals surface area contributed by atoms with Gasteiger partial charge in [-0.3, -0.25) is 0 Å². The molecule has 2 N–H and O–H groups in total. The van der Waals surface area contributed by atoms with Gasteiger partial charge in [0.05, 0.1) is 0 Å². The molecule has 0 aliphatic carbocycles. The summed E-state index contributed by atoms with van der Waals surface area (Å²) < 4.78 is 0. The molecule has 116 valence electrons.